The number of hydrogen-bond acceptors (Lipinski definition) is 4. The minimum absolute atomic E-state index is 0.150. The van der Waals surface area contributed by atoms with Crippen LogP contribution in [-0.4, -0.2) is 28.8 Å². The Bertz CT molecular complexity index is 436. The van der Waals surface area contributed by atoms with Gasteiger partial charge in [-0.3, -0.25) is 4.79 Å². The molecule has 0 radical (unpaired) electrons. The van der Waals surface area contributed by atoms with Gasteiger partial charge < -0.3 is 14.8 Å². The molecule has 1 aliphatic carbocycles. The molecule has 86 valence electrons. The maximum atomic E-state index is 11.7. The van der Waals surface area contributed by atoms with Gasteiger partial charge in [-0.2, -0.15) is 0 Å². The van der Waals surface area contributed by atoms with E-state index in [9.17, 15) is 9.59 Å². The highest BCUT2D eigenvalue weighted by Crippen LogP contribution is 2.35. The van der Waals surface area contributed by atoms with Crippen LogP contribution in [0.2, 0.25) is 0 Å². The van der Waals surface area contributed by atoms with E-state index in [1.165, 1.54) is 11.8 Å². The molecule has 1 heterocycles. The number of carboxylic acid groups (broad SMARTS) is 1. The third-order valence-corrected chi connectivity index (χ3v) is 3.14. The van der Waals surface area contributed by atoms with Crippen molar-refractivity contribution in [2.75, 3.05) is 6.26 Å². The molecule has 2 rings (SSSR count). The summed E-state index contributed by atoms with van der Waals surface area (Å²) in [5.41, 5.74) is -1.07. The van der Waals surface area contributed by atoms with E-state index in [-0.39, 0.29) is 5.76 Å². The van der Waals surface area contributed by atoms with Gasteiger partial charge in [0.25, 0.3) is 5.91 Å². The number of nitrogens with one attached hydrogen (secondary N) is 1. The highest BCUT2D eigenvalue weighted by atomic mass is 32.2. The number of rotatable bonds is 4. The van der Waals surface area contributed by atoms with Gasteiger partial charge in [0.2, 0.25) is 0 Å². The second-order valence-corrected chi connectivity index (χ2v) is 4.47. The van der Waals surface area contributed by atoms with Gasteiger partial charge >= 0.3 is 5.97 Å². The van der Waals surface area contributed by atoms with E-state index in [4.69, 9.17) is 9.52 Å². The van der Waals surface area contributed by atoms with E-state index in [2.05, 4.69) is 5.32 Å². The molecule has 1 aromatic rings. The molecule has 0 spiro atoms. The maximum Gasteiger partial charge on any atom is 0.329 e. The highest BCUT2D eigenvalue weighted by Gasteiger charge is 2.52. The van der Waals surface area contributed by atoms with Crippen molar-refractivity contribution in [3.05, 3.63) is 17.9 Å². The lowest BCUT2D eigenvalue weighted by molar-refractivity contribution is -0.140. The molecule has 1 amide bonds. The number of carbonyl (C=O) groups excluding carboxylic acids is 1. The first-order valence-electron chi connectivity index (χ1n) is 4.77. The first-order chi connectivity index (χ1) is 7.57. The molecule has 0 unspecified atom stereocenters. The smallest absolute Gasteiger partial charge is 0.329 e. The zero-order chi connectivity index (χ0) is 11.8. The number of furan rings is 1. The van der Waals surface area contributed by atoms with E-state index in [1.54, 1.807) is 12.1 Å². The lowest BCUT2D eigenvalue weighted by Crippen LogP contribution is -2.42. The zero-order valence-corrected chi connectivity index (χ0v) is 9.47. The first kappa shape index (κ1) is 11.1. The van der Waals surface area contributed by atoms with Crippen molar-refractivity contribution in [2.24, 2.45) is 0 Å². The number of carboxylic acids is 1. The molecule has 1 aliphatic rings. The molecule has 6 heteroatoms. The second kappa shape index (κ2) is 3.86. The number of hydrogen-bond donors (Lipinski definition) is 2. The van der Waals surface area contributed by atoms with Crippen LogP contribution in [0.3, 0.4) is 0 Å². The van der Waals surface area contributed by atoms with Crippen molar-refractivity contribution in [1.82, 2.24) is 5.32 Å². The van der Waals surface area contributed by atoms with Gasteiger partial charge in [-0.05, 0) is 31.2 Å². The van der Waals surface area contributed by atoms with Gasteiger partial charge in [-0.25, -0.2) is 4.79 Å². The topological polar surface area (TPSA) is 79.5 Å². The number of thioether (sulfide) groups is 1. The Hall–Kier alpha value is -1.43. The standard InChI is InChI=1S/C10H11NO4S/c1-16-7-3-2-6(15-7)8(12)11-10(4-5-10)9(13)14/h2-3H,4-5H2,1H3,(H,11,12)(H,13,14). The summed E-state index contributed by atoms with van der Waals surface area (Å²) >= 11 is 1.38. The molecule has 0 bridgehead atoms. The molecule has 0 saturated heterocycles. The summed E-state index contributed by atoms with van der Waals surface area (Å²) in [7, 11) is 0. The molecule has 2 N–H and O–H groups in total. The predicted octanol–water partition coefficient (Wildman–Crippen LogP) is 1.35. The third-order valence-electron chi connectivity index (χ3n) is 2.52. The van der Waals surface area contributed by atoms with Crippen molar-refractivity contribution in [1.29, 1.82) is 0 Å². The summed E-state index contributed by atoms with van der Waals surface area (Å²) in [4.78, 5) is 22.5. The molecule has 0 atom stereocenters. The van der Waals surface area contributed by atoms with E-state index in [0.717, 1.165) is 0 Å². The van der Waals surface area contributed by atoms with Gasteiger partial charge in [0, 0.05) is 0 Å². The van der Waals surface area contributed by atoms with Gasteiger partial charge in [0.05, 0.1) is 0 Å². The van der Waals surface area contributed by atoms with Crippen LogP contribution in [0.15, 0.2) is 21.6 Å². The fourth-order valence-corrected chi connectivity index (χ4v) is 1.73. The van der Waals surface area contributed by atoms with E-state index in [0.29, 0.717) is 17.9 Å². The van der Waals surface area contributed by atoms with Crippen molar-refractivity contribution in [2.45, 2.75) is 23.5 Å². The molecule has 1 saturated carbocycles. The van der Waals surface area contributed by atoms with Crippen LogP contribution in [0.25, 0.3) is 0 Å². The van der Waals surface area contributed by atoms with Gasteiger partial charge in [-0.15, -0.1) is 0 Å². The fraction of sp³-hybridized carbons (Fsp3) is 0.400. The van der Waals surface area contributed by atoms with Gasteiger partial charge in [0.15, 0.2) is 10.9 Å². The number of aliphatic carboxylic acids is 1. The summed E-state index contributed by atoms with van der Waals surface area (Å²) in [6.07, 6.45) is 2.79. The quantitative estimate of drug-likeness (QED) is 0.778. The summed E-state index contributed by atoms with van der Waals surface area (Å²) < 4.78 is 5.21. The summed E-state index contributed by atoms with van der Waals surface area (Å²) in [6.45, 7) is 0. The van der Waals surface area contributed by atoms with Crippen molar-refractivity contribution in [3.63, 3.8) is 0 Å². The van der Waals surface area contributed by atoms with Crippen LogP contribution < -0.4 is 5.32 Å². The molecule has 0 aliphatic heterocycles. The first-order valence-corrected chi connectivity index (χ1v) is 6.00. The zero-order valence-electron chi connectivity index (χ0n) is 8.65. The normalized spacial score (nSPS) is 16.8. The average molecular weight is 241 g/mol. The van der Waals surface area contributed by atoms with Crippen molar-refractivity contribution in [3.8, 4) is 0 Å². The van der Waals surface area contributed by atoms with Crippen LogP contribution in [0.5, 0.6) is 0 Å². The summed E-state index contributed by atoms with van der Waals surface area (Å²) in [6, 6.07) is 3.22. The van der Waals surface area contributed by atoms with Crippen molar-refractivity contribution >= 4 is 23.6 Å². The molecule has 5 nitrogen and oxygen atoms in total. The van der Waals surface area contributed by atoms with Crippen LogP contribution in [0.4, 0.5) is 0 Å². The summed E-state index contributed by atoms with van der Waals surface area (Å²) in [5, 5.41) is 12.0. The monoisotopic (exact) mass is 241 g/mol. The molecular weight excluding hydrogens is 230 g/mol. The molecule has 0 aromatic carbocycles. The molecular formula is C10H11NO4S. The fourth-order valence-electron chi connectivity index (χ4n) is 1.35. The molecule has 1 fully saturated rings. The van der Waals surface area contributed by atoms with Gasteiger partial charge in [-0.1, -0.05) is 11.8 Å². The number of carbonyl (C=O) groups is 2. The Balaban J connectivity index is 2.06. The van der Waals surface area contributed by atoms with Crippen molar-refractivity contribution < 1.29 is 19.1 Å². The lowest BCUT2D eigenvalue weighted by Gasteiger charge is -2.10. The van der Waals surface area contributed by atoms with Crippen LogP contribution in [0, 0.1) is 0 Å². The summed E-state index contributed by atoms with van der Waals surface area (Å²) in [5.74, 6) is -1.31. The Kier molecular flexibility index (Phi) is 2.67. The average Bonchev–Trinajstić information content (AvgIpc) is 2.88. The second-order valence-electron chi connectivity index (χ2n) is 3.66. The Labute approximate surface area is 96.2 Å². The third kappa shape index (κ3) is 1.92. The molecule has 1 aromatic heterocycles. The van der Waals surface area contributed by atoms with E-state index < -0.39 is 17.4 Å². The van der Waals surface area contributed by atoms with Gasteiger partial charge in [0.1, 0.15) is 5.54 Å². The lowest BCUT2D eigenvalue weighted by atomic mass is 10.2. The van der Waals surface area contributed by atoms with E-state index in [1.807, 2.05) is 6.26 Å². The highest BCUT2D eigenvalue weighted by molar-refractivity contribution is 7.98. The predicted molar refractivity (Wildman–Crippen MR) is 57.6 cm³/mol. The minimum atomic E-state index is -1.07. The molecule has 16 heavy (non-hydrogen) atoms. The Morgan fingerprint density at radius 1 is 1.50 bits per heavy atom. The Morgan fingerprint density at radius 2 is 2.19 bits per heavy atom. The minimum Gasteiger partial charge on any atom is -0.480 e. The SMILES string of the molecule is CSc1ccc(C(=O)NC2(C(=O)O)CC2)o1. The van der Waals surface area contributed by atoms with Crippen LogP contribution >= 0.6 is 11.8 Å². The van der Waals surface area contributed by atoms with E-state index >= 15 is 0 Å². The largest absolute Gasteiger partial charge is 0.480 e. The van der Waals surface area contributed by atoms with Crippen LogP contribution in [0.1, 0.15) is 23.4 Å². The maximum absolute atomic E-state index is 11.7. The Morgan fingerprint density at radius 3 is 2.62 bits per heavy atom. The van der Waals surface area contributed by atoms with Crippen LogP contribution in [-0.2, 0) is 4.79 Å². The number of amides is 1.